The Morgan fingerprint density at radius 1 is 0.471 bits per heavy atom. The minimum Gasteiger partial charge on any atom is 2.00 e. The molecule has 0 fully saturated rings. The van der Waals surface area contributed by atoms with E-state index in [9.17, 15) is 0 Å². The van der Waals surface area contributed by atoms with Crippen LogP contribution >= 0.6 is 0 Å². The number of hydrogen-bond acceptors (Lipinski definition) is 12. The third kappa shape index (κ3) is 3840. The molecule has 0 aliphatic heterocycles. The number of hydrogen-bond donors (Lipinski definition) is 0. The van der Waals surface area contributed by atoms with Gasteiger partial charge < -0.3 is 0 Å². The molecule has 0 rings (SSSR count). The van der Waals surface area contributed by atoms with Crippen molar-refractivity contribution in [1.82, 2.24) is 0 Å². The molecular weight excluding hydrogens is 441 g/mol. The molecule has 0 aliphatic carbocycles. The Balaban J connectivity index is -0.0000000400. The van der Waals surface area contributed by atoms with Crippen molar-refractivity contribution < 1.29 is 108 Å². The first-order valence-corrected chi connectivity index (χ1v) is 8.25. The van der Waals surface area contributed by atoms with Crippen LogP contribution in [0.3, 0.4) is 0 Å². The molecule has 0 aliphatic rings. The standard InChI is InChI=1S/3Cr.12O.Si.Zn/q;;;;;;;;;6*-1;+4;+2. The van der Waals surface area contributed by atoms with Gasteiger partial charge in [-0.3, -0.25) is 0 Å². The molecular formula is Cr3O12SiZn. The van der Waals surface area contributed by atoms with Crippen LogP contribution in [-0.2, 0) is 83.1 Å². The van der Waals surface area contributed by atoms with E-state index in [2.05, 4.69) is 0 Å². The second kappa shape index (κ2) is 12.1. The first-order chi connectivity index (χ1) is 6.00. The fraction of sp³-hybridized carbons (Fsp3) is 0. The van der Waals surface area contributed by atoms with E-state index in [4.69, 9.17) is 47.8 Å². The largest absolute Gasteiger partial charge is 4.00 e. The summed E-state index contributed by atoms with van der Waals surface area (Å²) in [6.45, 7) is 0. The van der Waals surface area contributed by atoms with Gasteiger partial charge in [-0.2, -0.15) is 0 Å². The maximum atomic E-state index is 8.59. The first kappa shape index (κ1) is 30.8. The fourth-order valence-corrected chi connectivity index (χ4v) is 0. The Morgan fingerprint density at radius 3 is 0.471 bits per heavy atom. The summed E-state index contributed by atoms with van der Waals surface area (Å²) >= 11 is -17.2. The molecule has 0 saturated heterocycles. The third-order valence-corrected chi connectivity index (χ3v) is 0. The van der Waals surface area contributed by atoms with Gasteiger partial charge >= 0.3 is 119 Å². The van der Waals surface area contributed by atoms with Crippen molar-refractivity contribution in [2.45, 2.75) is 0 Å². The van der Waals surface area contributed by atoms with Crippen molar-refractivity contribution in [3.05, 3.63) is 0 Å². The molecule has 0 aromatic carbocycles. The van der Waals surface area contributed by atoms with Gasteiger partial charge in [0.05, 0.1) is 0 Å². The molecule has 17 heavy (non-hydrogen) atoms. The van der Waals surface area contributed by atoms with Crippen LogP contribution in [0.15, 0.2) is 0 Å². The molecule has 12 nitrogen and oxygen atoms in total. The van der Waals surface area contributed by atoms with Gasteiger partial charge in [0.2, 0.25) is 0 Å². The summed E-state index contributed by atoms with van der Waals surface area (Å²) in [5.74, 6) is 0. The van der Waals surface area contributed by atoms with Crippen LogP contribution in [0.25, 0.3) is 0 Å². The molecule has 96 valence electrons. The predicted octanol–water partition coefficient (Wildman–Crippen LogP) is -8.24. The SMILES string of the molecule is [O]=[Cr](=[O])([O-])[O-].[O]=[Cr](=[O])([O-])[O-].[O]=[Cr](=[O])([O-])[O-].[Si+4].[Zn+2]. The summed E-state index contributed by atoms with van der Waals surface area (Å²) in [7, 11) is 0. The Kier molecular flexibility index (Phi) is 21.8. The van der Waals surface area contributed by atoms with Gasteiger partial charge in [0.1, 0.15) is 0 Å². The van der Waals surface area contributed by atoms with Crippen molar-refractivity contribution in [1.29, 1.82) is 0 Å². The molecule has 0 N–H and O–H groups in total. The van der Waals surface area contributed by atoms with Crippen molar-refractivity contribution in [3.63, 3.8) is 0 Å². The summed E-state index contributed by atoms with van der Waals surface area (Å²) in [5, 5.41) is 0. The van der Waals surface area contributed by atoms with Crippen molar-refractivity contribution in [2.24, 2.45) is 0 Å². The molecule has 0 heterocycles. The predicted molar refractivity (Wildman–Crippen MR) is 9.87 cm³/mol. The molecule has 0 amide bonds. The van der Waals surface area contributed by atoms with E-state index in [0.717, 1.165) is 0 Å². The molecule has 0 unspecified atom stereocenters. The van der Waals surface area contributed by atoms with Gasteiger partial charge in [0.25, 0.3) is 0 Å². The van der Waals surface area contributed by atoms with Gasteiger partial charge in [-0.05, 0) is 0 Å². The van der Waals surface area contributed by atoms with E-state index in [1.165, 1.54) is 0 Å². The quantitative estimate of drug-likeness (QED) is 0.318. The van der Waals surface area contributed by atoms with Gasteiger partial charge in [0.15, 0.2) is 0 Å². The van der Waals surface area contributed by atoms with Crippen LogP contribution in [0.1, 0.15) is 0 Å². The maximum Gasteiger partial charge on any atom is 4.00 e. The summed E-state index contributed by atoms with van der Waals surface area (Å²) in [6, 6.07) is 0. The zero-order chi connectivity index (χ0) is 13.5. The second-order valence-corrected chi connectivity index (χ2v) is 5.05. The van der Waals surface area contributed by atoms with Crippen LogP contribution in [0.2, 0.25) is 0 Å². The molecule has 0 aromatic heterocycles. The Labute approximate surface area is 118 Å². The van der Waals surface area contributed by atoms with Gasteiger partial charge in [-0.15, -0.1) is 0 Å². The van der Waals surface area contributed by atoms with E-state index >= 15 is 0 Å². The average Bonchev–Trinajstić information content (AvgIpc) is 1.41. The summed E-state index contributed by atoms with van der Waals surface area (Å²) in [6.07, 6.45) is 0. The van der Waals surface area contributed by atoms with Crippen LogP contribution in [0.5, 0.6) is 0 Å². The molecule has 0 spiro atoms. The van der Waals surface area contributed by atoms with Crippen LogP contribution in [0, 0.1) is 0 Å². The second-order valence-electron chi connectivity index (χ2n) is 1.22. The van der Waals surface area contributed by atoms with Crippen LogP contribution < -0.4 is 24.9 Å². The molecule has 0 atom stereocenters. The molecule has 0 bridgehead atoms. The van der Waals surface area contributed by atoms with Crippen molar-refractivity contribution in [2.75, 3.05) is 0 Å². The first-order valence-electron chi connectivity index (χ1n) is 2.00. The molecule has 17 heteroatoms. The minimum atomic E-state index is -5.75. The van der Waals surface area contributed by atoms with Crippen LogP contribution in [0.4, 0.5) is 0 Å². The zero-order valence-electron chi connectivity index (χ0n) is 7.33. The average molecular weight is 441 g/mol. The Hall–Kier alpha value is 0.998. The molecule has 0 aromatic rings. The van der Waals surface area contributed by atoms with Crippen molar-refractivity contribution >= 4 is 11.0 Å². The smallest absolute Gasteiger partial charge is 2.00 e. The minimum absolute atomic E-state index is 0. The Morgan fingerprint density at radius 2 is 0.471 bits per heavy atom. The zero-order valence-corrected chi connectivity index (χ0v) is 15.1. The van der Waals surface area contributed by atoms with Gasteiger partial charge in [0, 0.05) is 0 Å². The summed E-state index contributed by atoms with van der Waals surface area (Å²) in [4.78, 5) is 0. The van der Waals surface area contributed by atoms with E-state index < -0.39 is 40.8 Å². The van der Waals surface area contributed by atoms with Crippen molar-refractivity contribution in [3.8, 4) is 0 Å². The summed E-state index contributed by atoms with van der Waals surface area (Å²) < 4.78 is 103. The van der Waals surface area contributed by atoms with E-state index in [1.54, 1.807) is 0 Å². The van der Waals surface area contributed by atoms with E-state index in [-0.39, 0.29) is 30.4 Å². The fourth-order valence-electron chi connectivity index (χ4n) is 0. The van der Waals surface area contributed by atoms with Gasteiger partial charge in [-0.1, -0.05) is 0 Å². The summed E-state index contributed by atoms with van der Waals surface area (Å²) in [5.41, 5.74) is 0. The maximum absolute atomic E-state index is 8.59. The normalized spacial score (nSPS) is 10.2. The molecule has 0 saturated carbocycles. The van der Waals surface area contributed by atoms with Crippen LogP contribution in [-0.4, -0.2) is 11.0 Å². The topological polar surface area (TPSA) is 241 Å². The number of rotatable bonds is 0. The third-order valence-electron chi connectivity index (χ3n) is 0. The van der Waals surface area contributed by atoms with Gasteiger partial charge in [-0.25, -0.2) is 0 Å². The molecule has 0 radical (unpaired) electrons. The monoisotopic (exact) mass is 440 g/mol. The van der Waals surface area contributed by atoms with E-state index in [0.29, 0.717) is 0 Å². The van der Waals surface area contributed by atoms with E-state index in [1.807, 2.05) is 0 Å². The Bertz CT molecular complexity index is 343.